The predicted octanol–water partition coefficient (Wildman–Crippen LogP) is 1.33. The molecule has 1 rings (SSSR count). The molecule has 0 saturated heterocycles. The first-order valence-electron chi connectivity index (χ1n) is 5.11. The van der Waals surface area contributed by atoms with Gasteiger partial charge >= 0.3 is 12.6 Å². The molecule has 104 valence electrons. The van der Waals surface area contributed by atoms with E-state index >= 15 is 0 Å². The Morgan fingerprint density at radius 1 is 1.32 bits per heavy atom. The van der Waals surface area contributed by atoms with Crippen molar-refractivity contribution in [3.05, 3.63) is 24.3 Å². The number of aliphatic carboxylic acids is 1. The van der Waals surface area contributed by atoms with E-state index in [0.29, 0.717) is 0 Å². The number of nitrogens with one attached hydrogen (secondary N) is 1. The van der Waals surface area contributed by atoms with Gasteiger partial charge in [0, 0.05) is 11.8 Å². The van der Waals surface area contributed by atoms with Gasteiger partial charge in [-0.2, -0.15) is 8.78 Å². The van der Waals surface area contributed by atoms with Crippen LogP contribution in [0.15, 0.2) is 24.3 Å². The van der Waals surface area contributed by atoms with Crippen molar-refractivity contribution in [2.75, 3.05) is 18.5 Å². The van der Waals surface area contributed by atoms with E-state index in [9.17, 15) is 18.4 Å². The lowest BCUT2D eigenvalue weighted by molar-refractivity contribution is -0.143. The number of carboxylic acids is 1. The van der Waals surface area contributed by atoms with Crippen molar-refractivity contribution in [1.29, 1.82) is 0 Å². The van der Waals surface area contributed by atoms with Crippen LogP contribution in [-0.2, 0) is 14.3 Å². The summed E-state index contributed by atoms with van der Waals surface area (Å²) in [5.74, 6) is -1.89. The van der Waals surface area contributed by atoms with Crippen LogP contribution in [0.25, 0.3) is 0 Å². The van der Waals surface area contributed by atoms with E-state index in [4.69, 9.17) is 5.11 Å². The van der Waals surface area contributed by atoms with Gasteiger partial charge in [-0.05, 0) is 12.1 Å². The molecule has 19 heavy (non-hydrogen) atoms. The van der Waals surface area contributed by atoms with E-state index in [2.05, 4.69) is 14.8 Å². The second-order valence-corrected chi connectivity index (χ2v) is 3.34. The number of ether oxygens (including phenoxy) is 2. The summed E-state index contributed by atoms with van der Waals surface area (Å²) in [6.07, 6.45) is 0. The highest BCUT2D eigenvalue weighted by Crippen LogP contribution is 2.19. The maximum absolute atomic E-state index is 12.0. The summed E-state index contributed by atoms with van der Waals surface area (Å²) in [6.45, 7) is -4.00. The largest absolute Gasteiger partial charge is 0.480 e. The Balaban J connectivity index is 2.47. The standard InChI is InChI=1S/C11H11F2NO5/c12-11(13)19-8-3-1-2-7(4-8)14-9(15)5-18-6-10(16)17/h1-4,11H,5-6H2,(H,14,15)(H,16,17). The fraction of sp³-hybridized carbons (Fsp3) is 0.273. The fourth-order valence-electron chi connectivity index (χ4n) is 1.18. The van der Waals surface area contributed by atoms with Crippen LogP contribution in [0.5, 0.6) is 5.75 Å². The van der Waals surface area contributed by atoms with E-state index in [0.717, 1.165) is 0 Å². The van der Waals surface area contributed by atoms with E-state index < -0.39 is 31.7 Å². The summed E-state index contributed by atoms with van der Waals surface area (Å²) in [5.41, 5.74) is 0.238. The lowest BCUT2D eigenvalue weighted by atomic mass is 10.3. The number of amides is 1. The van der Waals surface area contributed by atoms with Gasteiger partial charge < -0.3 is 19.9 Å². The van der Waals surface area contributed by atoms with Gasteiger partial charge in [-0.3, -0.25) is 4.79 Å². The number of carboxylic acid groups (broad SMARTS) is 1. The summed E-state index contributed by atoms with van der Waals surface area (Å²) in [4.78, 5) is 21.5. The molecule has 1 amide bonds. The van der Waals surface area contributed by atoms with Crippen molar-refractivity contribution >= 4 is 17.6 Å². The van der Waals surface area contributed by atoms with Gasteiger partial charge in [0.25, 0.3) is 0 Å². The molecule has 0 radical (unpaired) electrons. The number of halogens is 2. The molecule has 0 aliphatic heterocycles. The van der Waals surface area contributed by atoms with E-state index in [1.54, 1.807) is 0 Å². The van der Waals surface area contributed by atoms with Crippen molar-refractivity contribution < 1.29 is 33.0 Å². The summed E-state index contributed by atoms with van der Waals surface area (Å²) in [6, 6.07) is 5.41. The Morgan fingerprint density at radius 3 is 2.68 bits per heavy atom. The minimum absolute atomic E-state index is 0.0979. The molecule has 2 N–H and O–H groups in total. The number of rotatable bonds is 7. The minimum atomic E-state index is -2.95. The zero-order valence-electron chi connectivity index (χ0n) is 9.64. The highest BCUT2D eigenvalue weighted by Gasteiger charge is 2.07. The van der Waals surface area contributed by atoms with Gasteiger partial charge in [0.1, 0.15) is 19.0 Å². The monoisotopic (exact) mass is 275 g/mol. The molecule has 8 heteroatoms. The normalized spacial score (nSPS) is 10.3. The Kier molecular flexibility index (Phi) is 5.68. The quantitative estimate of drug-likeness (QED) is 0.784. The summed E-state index contributed by atoms with van der Waals surface area (Å²) in [5, 5.41) is 10.6. The molecular weight excluding hydrogens is 264 g/mol. The summed E-state index contributed by atoms with van der Waals surface area (Å²) < 4.78 is 32.7. The maximum Gasteiger partial charge on any atom is 0.387 e. The lowest BCUT2D eigenvalue weighted by Gasteiger charge is -2.08. The molecule has 0 unspecified atom stereocenters. The van der Waals surface area contributed by atoms with E-state index in [1.165, 1.54) is 24.3 Å². The fourth-order valence-corrected chi connectivity index (χ4v) is 1.18. The average molecular weight is 275 g/mol. The van der Waals surface area contributed by atoms with Crippen molar-refractivity contribution in [2.45, 2.75) is 6.61 Å². The number of benzene rings is 1. The van der Waals surface area contributed by atoms with Crippen molar-refractivity contribution in [3.63, 3.8) is 0 Å². The van der Waals surface area contributed by atoms with Crippen LogP contribution in [0, 0.1) is 0 Å². The smallest absolute Gasteiger partial charge is 0.387 e. The SMILES string of the molecule is O=C(O)COCC(=O)Nc1cccc(OC(F)F)c1. The third-order valence-corrected chi connectivity index (χ3v) is 1.80. The topological polar surface area (TPSA) is 84.9 Å². The Labute approximate surface area is 106 Å². The molecular formula is C11H11F2NO5. The van der Waals surface area contributed by atoms with Crippen LogP contribution in [0.3, 0.4) is 0 Å². The van der Waals surface area contributed by atoms with E-state index in [-0.39, 0.29) is 11.4 Å². The number of hydrogen-bond acceptors (Lipinski definition) is 4. The van der Waals surface area contributed by atoms with Crippen molar-refractivity contribution in [1.82, 2.24) is 0 Å². The molecule has 0 aliphatic rings. The van der Waals surface area contributed by atoms with Crippen molar-refractivity contribution in [2.24, 2.45) is 0 Å². The number of carbonyl (C=O) groups excluding carboxylic acids is 1. The van der Waals surface area contributed by atoms with Crippen LogP contribution >= 0.6 is 0 Å². The number of anilines is 1. The first kappa shape index (κ1) is 14.8. The Hall–Kier alpha value is -2.22. The van der Waals surface area contributed by atoms with Gasteiger partial charge in [-0.25, -0.2) is 4.79 Å². The maximum atomic E-state index is 12.0. The van der Waals surface area contributed by atoms with E-state index in [1.807, 2.05) is 0 Å². The first-order valence-corrected chi connectivity index (χ1v) is 5.11. The zero-order chi connectivity index (χ0) is 14.3. The Morgan fingerprint density at radius 2 is 2.05 bits per heavy atom. The molecule has 0 bridgehead atoms. The second-order valence-electron chi connectivity index (χ2n) is 3.34. The minimum Gasteiger partial charge on any atom is -0.480 e. The van der Waals surface area contributed by atoms with Gasteiger partial charge in [-0.1, -0.05) is 6.07 Å². The van der Waals surface area contributed by atoms with Crippen LogP contribution in [0.2, 0.25) is 0 Å². The zero-order valence-corrected chi connectivity index (χ0v) is 9.64. The van der Waals surface area contributed by atoms with Gasteiger partial charge in [-0.15, -0.1) is 0 Å². The molecule has 1 aromatic carbocycles. The number of carbonyl (C=O) groups is 2. The summed E-state index contributed by atoms with van der Waals surface area (Å²) in [7, 11) is 0. The Bertz CT molecular complexity index is 452. The van der Waals surface area contributed by atoms with Crippen LogP contribution in [0.1, 0.15) is 0 Å². The molecule has 6 nitrogen and oxygen atoms in total. The lowest BCUT2D eigenvalue weighted by Crippen LogP contribution is -2.20. The molecule has 0 saturated carbocycles. The molecule has 1 aromatic rings. The van der Waals surface area contributed by atoms with Gasteiger partial charge in [0.15, 0.2) is 0 Å². The molecule has 0 aromatic heterocycles. The van der Waals surface area contributed by atoms with Gasteiger partial charge in [0.2, 0.25) is 5.91 Å². The van der Waals surface area contributed by atoms with Gasteiger partial charge in [0.05, 0.1) is 0 Å². The summed E-state index contributed by atoms with van der Waals surface area (Å²) >= 11 is 0. The first-order chi connectivity index (χ1) is 8.97. The molecule has 0 atom stereocenters. The second kappa shape index (κ2) is 7.27. The third-order valence-electron chi connectivity index (χ3n) is 1.80. The van der Waals surface area contributed by atoms with Crippen LogP contribution in [-0.4, -0.2) is 36.8 Å². The van der Waals surface area contributed by atoms with Crippen LogP contribution < -0.4 is 10.1 Å². The molecule has 0 aliphatic carbocycles. The van der Waals surface area contributed by atoms with Crippen molar-refractivity contribution in [3.8, 4) is 5.75 Å². The highest BCUT2D eigenvalue weighted by molar-refractivity contribution is 5.92. The number of alkyl halides is 2. The molecule has 0 heterocycles. The predicted molar refractivity (Wildman–Crippen MR) is 60.2 cm³/mol. The highest BCUT2D eigenvalue weighted by atomic mass is 19.3. The average Bonchev–Trinajstić information content (AvgIpc) is 2.27. The number of hydrogen-bond donors (Lipinski definition) is 2. The molecule has 0 fully saturated rings. The third kappa shape index (κ3) is 6.32. The van der Waals surface area contributed by atoms with Crippen LogP contribution in [0.4, 0.5) is 14.5 Å². The molecule has 0 spiro atoms.